The Labute approximate surface area is 230 Å². The van der Waals surface area contributed by atoms with E-state index in [-0.39, 0.29) is 35.6 Å². The van der Waals surface area contributed by atoms with Gasteiger partial charge in [0.25, 0.3) is 0 Å². The minimum atomic E-state index is -2.74. The summed E-state index contributed by atoms with van der Waals surface area (Å²) in [4.78, 5) is 19.6. The number of nitrogens with one attached hydrogen (secondary N) is 1. The molecule has 14 heteroatoms. The lowest BCUT2D eigenvalue weighted by Gasteiger charge is -2.29. The fourth-order valence-electron chi connectivity index (χ4n) is 4.59. The minimum absolute atomic E-state index is 0.114. The highest BCUT2D eigenvalue weighted by molar-refractivity contribution is 7.70. The third-order valence-electron chi connectivity index (χ3n) is 6.53. The van der Waals surface area contributed by atoms with Gasteiger partial charge < -0.3 is 20.1 Å². The molecule has 4 aromatic rings. The van der Waals surface area contributed by atoms with Gasteiger partial charge in [-0.3, -0.25) is 0 Å². The van der Waals surface area contributed by atoms with Crippen LogP contribution in [0.4, 0.5) is 20.5 Å². The molecule has 0 saturated carbocycles. The molecular weight excluding hydrogens is 544 g/mol. The Morgan fingerprint density at radius 3 is 2.55 bits per heavy atom. The number of nitrogens with zero attached hydrogens (tertiary/aromatic N) is 5. The third-order valence-corrected chi connectivity index (χ3v) is 7.01. The van der Waals surface area contributed by atoms with E-state index in [9.17, 15) is 8.42 Å². The van der Waals surface area contributed by atoms with Crippen LogP contribution in [0.3, 0.4) is 0 Å². The second-order valence-corrected chi connectivity index (χ2v) is 9.87. The average molecular weight is 572 g/mol. The Bertz CT molecular complexity index is 1610. The van der Waals surface area contributed by atoms with Crippen molar-refractivity contribution in [1.82, 2.24) is 24.7 Å². The lowest BCUT2D eigenvalue weighted by molar-refractivity contribution is 0.122. The molecule has 3 heterocycles. The first-order chi connectivity index (χ1) is 19.4. The summed E-state index contributed by atoms with van der Waals surface area (Å²) < 4.78 is 65.8. The van der Waals surface area contributed by atoms with Crippen LogP contribution in [-0.4, -0.2) is 68.3 Å². The zero-order valence-corrected chi connectivity index (χ0v) is 22.5. The number of morpholine rings is 1. The second-order valence-electron chi connectivity index (χ2n) is 9.04. The molecule has 5 rings (SSSR count). The Morgan fingerprint density at radius 2 is 1.85 bits per heavy atom. The van der Waals surface area contributed by atoms with Gasteiger partial charge in [-0.15, -0.1) is 0 Å². The SMILES string of the molecule is COc1cc(-c2c(F)ccc(CCCN[SH](=O)=O)c2F)cc2c(N3CCOCC3)nc(-c3cnc(N)nc3)nc12. The van der Waals surface area contributed by atoms with Crippen LogP contribution in [0.2, 0.25) is 0 Å². The molecular formula is C26H27F2N7O4S. The molecule has 0 bridgehead atoms. The van der Waals surface area contributed by atoms with E-state index < -0.39 is 22.5 Å². The minimum Gasteiger partial charge on any atom is -0.494 e. The number of anilines is 2. The first-order valence-corrected chi connectivity index (χ1v) is 13.7. The lowest BCUT2D eigenvalue weighted by atomic mass is 9.97. The number of halogens is 2. The van der Waals surface area contributed by atoms with Crippen molar-refractivity contribution in [3.63, 3.8) is 0 Å². The Morgan fingerprint density at radius 1 is 1.10 bits per heavy atom. The van der Waals surface area contributed by atoms with Crippen LogP contribution in [0.25, 0.3) is 33.4 Å². The first kappa shape index (κ1) is 27.6. The smallest absolute Gasteiger partial charge is 0.219 e. The number of hydrogen-bond donors (Lipinski definition) is 3. The van der Waals surface area contributed by atoms with E-state index in [2.05, 4.69) is 14.7 Å². The van der Waals surface area contributed by atoms with Crippen molar-refractivity contribution in [3.05, 3.63) is 53.9 Å². The molecule has 1 aliphatic heterocycles. The van der Waals surface area contributed by atoms with Crippen LogP contribution in [0.5, 0.6) is 5.75 Å². The molecule has 3 N–H and O–H groups in total. The van der Waals surface area contributed by atoms with Crippen molar-refractivity contribution in [1.29, 1.82) is 0 Å². The number of hydrogen-bond acceptors (Lipinski definition) is 10. The van der Waals surface area contributed by atoms with Gasteiger partial charge in [-0.05, 0) is 42.2 Å². The van der Waals surface area contributed by atoms with Crippen molar-refractivity contribution in [2.45, 2.75) is 12.8 Å². The van der Waals surface area contributed by atoms with Gasteiger partial charge in [-0.25, -0.2) is 41.9 Å². The van der Waals surface area contributed by atoms with Crippen LogP contribution >= 0.6 is 0 Å². The second kappa shape index (κ2) is 12.0. The Balaban J connectivity index is 1.65. The van der Waals surface area contributed by atoms with E-state index in [4.69, 9.17) is 25.2 Å². The van der Waals surface area contributed by atoms with Crippen LogP contribution < -0.4 is 20.1 Å². The summed E-state index contributed by atoms with van der Waals surface area (Å²) in [7, 11) is -1.28. The number of fused-ring (bicyclic) bond motifs is 1. The highest BCUT2D eigenvalue weighted by Gasteiger charge is 2.23. The molecule has 1 fully saturated rings. The molecule has 0 radical (unpaired) electrons. The van der Waals surface area contributed by atoms with E-state index in [0.29, 0.717) is 66.6 Å². The summed E-state index contributed by atoms with van der Waals surface area (Å²) in [5, 5.41) is 0.545. The topological polar surface area (TPSA) is 145 Å². The van der Waals surface area contributed by atoms with Crippen molar-refractivity contribution in [2.24, 2.45) is 0 Å². The summed E-state index contributed by atoms with van der Waals surface area (Å²) in [6.45, 7) is 2.23. The highest BCUT2D eigenvalue weighted by Crippen LogP contribution is 2.39. The van der Waals surface area contributed by atoms with Gasteiger partial charge in [0, 0.05) is 37.4 Å². The van der Waals surface area contributed by atoms with Gasteiger partial charge in [0.05, 0.1) is 31.5 Å². The molecule has 2 aromatic carbocycles. The van der Waals surface area contributed by atoms with Crippen molar-refractivity contribution in [3.8, 4) is 28.3 Å². The maximum absolute atomic E-state index is 15.7. The van der Waals surface area contributed by atoms with Gasteiger partial charge in [0.1, 0.15) is 28.7 Å². The zero-order chi connectivity index (χ0) is 28.2. The summed E-state index contributed by atoms with van der Waals surface area (Å²) >= 11 is 0. The number of nitrogen functional groups attached to an aromatic ring is 1. The number of aryl methyl sites for hydroxylation is 1. The van der Waals surface area contributed by atoms with Crippen molar-refractivity contribution >= 4 is 33.6 Å². The summed E-state index contributed by atoms with van der Waals surface area (Å²) in [6.07, 6.45) is 3.61. The maximum atomic E-state index is 15.7. The first-order valence-electron chi connectivity index (χ1n) is 12.5. The van der Waals surface area contributed by atoms with Gasteiger partial charge in [-0.2, -0.15) is 0 Å². The van der Waals surface area contributed by atoms with Crippen LogP contribution in [0.15, 0.2) is 36.7 Å². The normalized spacial score (nSPS) is 13.8. The maximum Gasteiger partial charge on any atom is 0.219 e. The summed E-state index contributed by atoms with van der Waals surface area (Å²) in [5.41, 5.74) is 6.94. The summed E-state index contributed by atoms with van der Waals surface area (Å²) in [5.74, 6) is -0.161. The van der Waals surface area contributed by atoms with Gasteiger partial charge in [0.2, 0.25) is 16.8 Å². The van der Waals surface area contributed by atoms with E-state index in [1.165, 1.54) is 37.7 Å². The number of ether oxygens (including phenoxy) is 2. The van der Waals surface area contributed by atoms with Crippen LogP contribution in [-0.2, 0) is 22.0 Å². The molecule has 0 unspecified atom stereocenters. The Kier molecular flexibility index (Phi) is 8.28. The van der Waals surface area contributed by atoms with E-state index in [0.717, 1.165) is 0 Å². The predicted octanol–water partition coefficient (Wildman–Crippen LogP) is 2.51. The molecule has 0 aliphatic carbocycles. The quantitative estimate of drug-likeness (QED) is 0.202. The number of methoxy groups -OCH3 is 1. The van der Waals surface area contributed by atoms with E-state index >= 15 is 8.78 Å². The fraction of sp³-hybridized carbons (Fsp3) is 0.308. The van der Waals surface area contributed by atoms with Gasteiger partial charge in [-0.1, -0.05) is 6.07 Å². The van der Waals surface area contributed by atoms with Gasteiger partial charge in [0.15, 0.2) is 5.82 Å². The molecule has 0 atom stereocenters. The molecule has 40 heavy (non-hydrogen) atoms. The van der Waals surface area contributed by atoms with Crippen molar-refractivity contribution in [2.75, 3.05) is 50.6 Å². The molecule has 2 aromatic heterocycles. The Hall–Kier alpha value is -4.01. The summed E-state index contributed by atoms with van der Waals surface area (Å²) in [6, 6.07) is 5.76. The number of aromatic nitrogens is 4. The predicted molar refractivity (Wildman–Crippen MR) is 147 cm³/mol. The molecule has 0 spiro atoms. The largest absolute Gasteiger partial charge is 0.494 e. The average Bonchev–Trinajstić information content (AvgIpc) is 2.96. The van der Waals surface area contributed by atoms with Gasteiger partial charge >= 0.3 is 0 Å². The monoisotopic (exact) mass is 571 g/mol. The highest BCUT2D eigenvalue weighted by atomic mass is 32.2. The number of rotatable bonds is 9. The van der Waals surface area contributed by atoms with Crippen LogP contribution in [0, 0.1) is 11.6 Å². The molecule has 1 saturated heterocycles. The standard InChI is InChI=1S/C26H27F2N7O4S/c1-38-20-12-16(21-19(27)5-4-15(22(21)28)3-2-6-32-40(36)37)11-18-23(20)33-24(17-13-30-26(29)31-14-17)34-25(18)35-7-9-39-10-8-35/h4-5,11-14,40H,2-3,6-10H2,1H3,(H2,29,30,31)(H,32,36,37). The number of nitrogens with two attached hydrogens (primary N) is 1. The van der Waals surface area contributed by atoms with E-state index in [1.54, 1.807) is 6.07 Å². The third kappa shape index (κ3) is 5.78. The fourth-order valence-corrected chi connectivity index (χ4v) is 4.93. The molecule has 1 aliphatic rings. The van der Waals surface area contributed by atoms with Crippen molar-refractivity contribution < 1.29 is 26.7 Å². The number of thiol groups is 1. The van der Waals surface area contributed by atoms with E-state index in [1.807, 2.05) is 4.90 Å². The zero-order valence-electron chi connectivity index (χ0n) is 21.6. The van der Waals surface area contributed by atoms with Crippen LogP contribution in [0.1, 0.15) is 12.0 Å². The molecule has 11 nitrogen and oxygen atoms in total. The lowest BCUT2D eigenvalue weighted by Crippen LogP contribution is -2.37. The molecule has 0 amide bonds. The molecule has 210 valence electrons. The number of benzene rings is 2.